The molecule has 0 fully saturated rings. The van der Waals surface area contributed by atoms with Gasteiger partial charge in [-0.25, -0.2) is 9.78 Å². The number of fused-ring (bicyclic) bond motifs is 14. The van der Waals surface area contributed by atoms with E-state index in [0.717, 1.165) is 72.0 Å². The van der Waals surface area contributed by atoms with Gasteiger partial charge in [0.25, 0.3) is 0 Å². The number of pyridine rings is 5. The molecule has 5 heterocycles. The third-order valence-electron chi connectivity index (χ3n) is 19.3. The second kappa shape index (κ2) is 47.2. The molecule has 0 saturated carbocycles. The Labute approximate surface area is 782 Å². The summed E-state index contributed by atoms with van der Waals surface area (Å²) in [5.74, 6) is -0.722. The van der Waals surface area contributed by atoms with Crippen molar-refractivity contribution in [3.05, 3.63) is 404 Å². The van der Waals surface area contributed by atoms with E-state index in [4.69, 9.17) is 39.8 Å². The summed E-state index contributed by atoms with van der Waals surface area (Å²) in [6.45, 7) is 12.5. The molecule has 0 aliphatic carbocycles. The SMILES string of the molecule is CC(=[OH+])C=C(C)O.CC(=[OH+])C=C(C)O.CC(=[OH+])C=C(C)O.Cc1cc(-c2cc3c(ccc4ccccc43)cn2)[c-]cc1F.Cc1cc(-c2cc3c(ccc4ccccc43)cn2)[c-]cc1F.O=C(O)c1ccccn1.[Ir].[Ir].[Ir].[Ir].[c-]1cc2ccccc2cc1-c1cc2c(ccc3ccccc32)cn1.[c-]1ccc2ccccc2c1-c1cc2c(ccc3ccccc32)cn1. The number of halogens is 2. The van der Waals surface area contributed by atoms with Crippen molar-refractivity contribution >= 4 is 131 Å². The van der Waals surface area contributed by atoms with E-state index in [9.17, 15) is 13.6 Å². The van der Waals surface area contributed by atoms with Crippen LogP contribution in [0.1, 0.15) is 63.2 Å². The minimum absolute atomic E-state index is 0. The molecule has 4 radical (unpaired) electrons. The Hall–Kier alpha value is -13.0. The van der Waals surface area contributed by atoms with Gasteiger partial charge in [-0.1, -0.05) is 260 Å². The van der Waals surface area contributed by atoms with E-state index in [-0.39, 0.29) is 132 Å². The summed E-state index contributed by atoms with van der Waals surface area (Å²) in [6.07, 6.45) is 12.9. The number of aromatic carboxylic acids is 1. The molecule has 19 rings (SSSR count). The normalized spacial score (nSPS) is 10.8. The summed E-state index contributed by atoms with van der Waals surface area (Å²) >= 11 is 0. The van der Waals surface area contributed by atoms with Crippen LogP contribution in [0.25, 0.3) is 153 Å². The zero-order valence-corrected chi connectivity index (χ0v) is 79.2. The first-order chi connectivity index (χ1) is 58.9. The minimum Gasteiger partial charge on any atom is -0.512 e. The average Bonchev–Trinajstić information content (AvgIpc) is 0.785. The number of rotatable bonds is 8. The summed E-state index contributed by atoms with van der Waals surface area (Å²) in [5, 5.41) is 57.5. The van der Waals surface area contributed by atoms with Crippen LogP contribution in [-0.4, -0.2) is 83.0 Å². The number of aromatic nitrogens is 5. The predicted octanol–water partition coefficient (Wildman–Crippen LogP) is 26.4. The Bertz CT molecular complexity index is 6960. The number of hydrogen-bond donors (Lipinski definition) is 4. The molecule has 19 heteroatoms. The molecule has 0 saturated heterocycles. The fourth-order valence-electron chi connectivity index (χ4n) is 13.7. The first-order valence-corrected chi connectivity index (χ1v) is 39.0. The smallest absolute Gasteiger partial charge is 0.354 e. The van der Waals surface area contributed by atoms with E-state index in [2.05, 4.69) is 250 Å². The van der Waals surface area contributed by atoms with Gasteiger partial charge in [-0.3, -0.25) is 23.2 Å². The van der Waals surface area contributed by atoms with Crippen molar-refractivity contribution in [1.29, 1.82) is 0 Å². The van der Waals surface area contributed by atoms with Gasteiger partial charge in [-0.2, -0.15) is 0 Å². The fourth-order valence-corrected chi connectivity index (χ4v) is 13.7. The minimum atomic E-state index is -0.990. The van der Waals surface area contributed by atoms with Crippen molar-refractivity contribution in [3.63, 3.8) is 0 Å². The monoisotopic (exact) mass is 2380 g/mol. The van der Waals surface area contributed by atoms with Gasteiger partial charge < -0.3 is 40.4 Å². The number of allylic oxidation sites excluding steroid dienone is 6. The van der Waals surface area contributed by atoms with Crippen LogP contribution >= 0.6 is 0 Å². The second-order valence-corrected chi connectivity index (χ2v) is 28.8. The van der Waals surface area contributed by atoms with E-state index in [1.54, 1.807) is 38.1 Å². The van der Waals surface area contributed by atoms with Gasteiger partial charge in [0.15, 0.2) is 0 Å². The molecule has 0 bridgehead atoms. The summed E-state index contributed by atoms with van der Waals surface area (Å²) in [6, 6.07) is 108. The number of carboxylic acid groups (broad SMARTS) is 1. The van der Waals surface area contributed by atoms with Gasteiger partial charge in [-0.15, -0.1) is 106 Å². The van der Waals surface area contributed by atoms with E-state index in [0.29, 0.717) is 11.1 Å². The van der Waals surface area contributed by atoms with Crippen molar-refractivity contribution < 1.29 is 129 Å². The van der Waals surface area contributed by atoms with Crippen LogP contribution in [0.3, 0.4) is 0 Å². The molecule has 638 valence electrons. The maximum Gasteiger partial charge on any atom is 0.354 e. The Balaban J connectivity index is 0.000000186. The topological polar surface area (TPSA) is 227 Å². The van der Waals surface area contributed by atoms with Crippen molar-refractivity contribution in [2.75, 3.05) is 0 Å². The number of carbonyl (C=O) groups is 1. The van der Waals surface area contributed by atoms with Crippen molar-refractivity contribution in [1.82, 2.24) is 24.9 Å². The molecule has 0 amide bonds. The third-order valence-corrected chi connectivity index (χ3v) is 19.3. The number of aliphatic hydroxyl groups excluding tert-OH is 3. The van der Waals surface area contributed by atoms with Crippen molar-refractivity contribution in [3.8, 4) is 45.0 Å². The maximum atomic E-state index is 13.4. The summed E-state index contributed by atoms with van der Waals surface area (Å²) in [4.78, 5) is 57.3. The number of aryl methyl sites for hydroxylation is 2. The first kappa shape index (κ1) is 98.4. The molecule has 14 aromatic carbocycles. The Kier molecular flexibility index (Phi) is 36.9. The van der Waals surface area contributed by atoms with Gasteiger partial charge in [0, 0.05) is 123 Å². The molecule has 7 N–H and O–H groups in total. The number of ketones is 3. The maximum absolute atomic E-state index is 13.4. The number of nitrogens with zero attached hydrogens (tertiary/aromatic N) is 5. The molecule has 0 atom stereocenters. The Morgan fingerprint density at radius 2 is 0.603 bits per heavy atom. The van der Waals surface area contributed by atoms with Crippen LogP contribution in [0.4, 0.5) is 8.78 Å². The van der Waals surface area contributed by atoms with Gasteiger partial charge in [0.1, 0.15) is 5.69 Å². The second-order valence-electron chi connectivity index (χ2n) is 28.8. The Morgan fingerprint density at radius 1 is 0.310 bits per heavy atom. The van der Waals surface area contributed by atoms with Crippen molar-refractivity contribution in [2.24, 2.45) is 0 Å². The number of aliphatic hydroxyl groups is 3. The van der Waals surface area contributed by atoms with Gasteiger partial charge in [0.05, 0.1) is 56.3 Å². The van der Waals surface area contributed by atoms with E-state index >= 15 is 0 Å². The molecule has 13 nitrogen and oxygen atoms in total. The summed E-state index contributed by atoms with van der Waals surface area (Å²) < 4.78 is 26.8. The number of carbonyl (C=O) groups excluding carboxylic acids is 3. The van der Waals surface area contributed by atoms with Crippen LogP contribution in [0.15, 0.2) is 352 Å². The largest absolute Gasteiger partial charge is 0.512 e. The number of hydrogen-bond acceptors (Lipinski definition) is 9. The zero-order valence-electron chi connectivity index (χ0n) is 69.6. The molecular formula is C107H86F2Ir4N5O8-. The van der Waals surface area contributed by atoms with Crippen molar-refractivity contribution in [2.45, 2.75) is 55.4 Å². The molecule has 0 aliphatic rings. The van der Waals surface area contributed by atoms with Crippen LogP contribution in [0, 0.1) is 49.7 Å². The van der Waals surface area contributed by atoms with Crippen LogP contribution in [0.2, 0.25) is 0 Å². The number of benzene rings is 14. The molecular weight excluding hydrogens is 2290 g/mol. The van der Waals surface area contributed by atoms with Crippen LogP contribution in [-0.2, 0) is 80.4 Å². The molecule has 0 spiro atoms. The standard InChI is InChI=1S/2C23H14N.2C20H13FN.C6H5NO2.3C5H8O2.4Ir/c1-3-9-19-16(6-1)8-5-11-21(19)23-14-22-18(15-24-23)13-12-17-7-2-4-10-20(17)22;1-2-7-18-13-19(11-9-16(18)5-1)23-14-22-20(15-24-23)12-10-17-6-3-4-8-21(17)22;2*1-13-10-15(8-9-19(13)21)20-11-18-16(12-22-20)7-6-14-4-2-3-5-17(14)18;8-6(9)5-3-1-2-4-7-5;3*1-4(6)3-5(2)7;;;;/h2*1-10,12-15H;2*2-7,9-12H,1H3;1-4H,(H,8,9);3*3,6H,1-2H3;;;;/q4*-1;;;;;;;;/p+3. The van der Waals surface area contributed by atoms with E-state index in [1.165, 1.54) is 165 Å². The fraction of sp³-hybridized carbons (Fsp3) is 0.0748. The van der Waals surface area contributed by atoms with Crippen LogP contribution < -0.4 is 0 Å². The van der Waals surface area contributed by atoms with E-state index < -0.39 is 5.97 Å². The van der Waals surface area contributed by atoms with E-state index in [1.807, 2.05) is 61.2 Å². The molecule has 5 aromatic heterocycles. The molecule has 19 aromatic rings. The van der Waals surface area contributed by atoms with Gasteiger partial charge in [-0.05, 0) is 142 Å². The third kappa shape index (κ3) is 26.3. The first-order valence-electron chi connectivity index (χ1n) is 39.0. The molecule has 0 unspecified atom stereocenters. The predicted molar refractivity (Wildman–Crippen MR) is 497 cm³/mol. The zero-order chi connectivity index (χ0) is 86.3. The average molecular weight is 2380 g/mol. The summed E-state index contributed by atoms with van der Waals surface area (Å²) in [5.41, 5.74) is 8.56. The van der Waals surface area contributed by atoms with Gasteiger partial charge in [0.2, 0.25) is 0 Å². The van der Waals surface area contributed by atoms with Crippen LogP contribution in [0.5, 0.6) is 0 Å². The summed E-state index contributed by atoms with van der Waals surface area (Å²) in [7, 11) is 0. The quantitative estimate of drug-likeness (QED) is 0.0370. The Morgan fingerprint density at radius 3 is 0.921 bits per heavy atom. The molecule has 0 aliphatic heterocycles. The van der Waals surface area contributed by atoms with Gasteiger partial charge >= 0.3 is 23.3 Å². The number of carboxylic acids is 1. The molecule has 126 heavy (non-hydrogen) atoms.